The van der Waals surface area contributed by atoms with Crippen molar-refractivity contribution in [3.8, 4) is 0 Å². The lowest BCUT2D eigenvalue weighted by Crippen LogP contribution is -2.13. The van der Waals surface area contributed by atoms with Crippen molar-refractivity contribution < 1.29 is 26.3 Å². The van der Waals surface area contributed by atoms with Crippen LogP contribution in [0.25, 0.3) is 54.1 Å². The Morgan fingerprint density at radius 1 is 0.339 bits per heavy atom. The van der Waals surface area contributed by atoms with Gasteiger partial charge in [0.1, 0.15) is 11.4 Å². The second-order valence-electron chi connectivity index (χ2n) is 16.1. The zero-order valence-electron chi connectivity index (χ0n) is 33.5. The lowest BCUT2D eigenvalue weighted by molar-refractivity contribution is -0.144. The molecule has 0 amide bonds. The Morgan fingerprint density at radius 3 is 0.875 bits per heavy atom. The van der Waals surface area contributed by atoms with Gasteiger partial charge in [-0.05, 0) is 69.4 Å². The van der Waals surface area contributed by atoms with Gasteiger partial charge in [0, 0.05) is 34.9 Å². The average molecular weight is 779 g/mol. The van der Waals surface area contributed by atoms with Crippen LogP contribution in [0.1, 0.15) is 154 Å². The van der Waals surface area contributed by atoms with E-state index in [1.165, 1.54) is 98.3 Å². The van der Waals surface area contributed by atoms with Gasteiger partial charge in [-0.25, -0.2) is 0 Å². The first-order valence-corrected chi connectivity index (χ1v) is 21.6. The molecule has 304 valence electrons. The van der Waals surface area contributed by atoms with Crippen LogP contribution in [-0.4, -0.2) is 9.13 Å². The fourth-order valence-corrected chi connectivity index (χ4v) is 8.99. The van der Waals surface area contributed by atoms with Crippen LogP contribution in [0.4, 0.5) is 26.3 Å². The second kappa shape index (κ2) is 19.2. The molecular weight excluding hydrogens is 719 g/mol. The summed E-state index contributed by atoms with van der Waals surface area (Å²) in [6, 6.07) is 17.6. The van der Waals surface area contributed by atoms with E-state index in [-0.39, 0.29) is 0 Å². The minimum atomic E-state index is -4.48. The first-order chi connectivity index (χ1) is 27.0. The van der Waals surface area contributed by atoms with Gasteiger partial charge in [-0.1, -0.05) is 166 Å². The van der Waals surface area contributed by atoms with Crippen molar-refractivity contribution in [1.29, 1.82) is 0 Å². The standard InChI is InChI=1S/C48H60F6N2/c1-3-5-7-9-11-13-15-17-19-21-31-55-43-29-27-37-35-24-26-40-38(36(35)23-25-39(37)41(43)33-45(55)47(49,50)51)28-30-44-42(40)34-46(48(52,53)54)56(44)32-22-20-18-16-14-12-10-8-6-4-2/h23-30,33-34H,3-22,31-32H2,1-2H3. The molecule has 0 saturated heterocycles. The van der Waals surface area contributed by atoms with Crippen molar-refractivity contribution in [1.82, 2.24) is 9.13 Å². The number of rotatable bonds is 22. The Hall–Kier alpha value is -3.68. The van der Waals surface area contributed by atoms with Gasteiger partial charge in [-0.2, -0.15) is 26.3 Å². The second-order valence-corrected chi connectivity index (χ2v) is 16.1. The van der Waals surface area contributed by atoms with Gasteiger partial charge in [0.25, 0.3) is 0 Å². The van der Waals surface area contributed by atoms with Crippen molar-refractivity contribution in [3.05, 3.63) is 72.1 Å². The molecule has 0 fully saturated rings. The first-order valence-electron chi connectivity index (χ1n) is 21.6. The van der Waals surface area contributed by atoms with Gasteiger partial charge in [-0.15, -0.1) is 0 Å². The SMILES string of the molecule is CCCCCCCCCCCCn1c(C(F)(F)F)cc2c3ccc4c(ccc5c4ccc4c5cc(C(F)(F)F)n4CCCCCCCCCCCC)c3ccc21. The summed E-state index contributed by atoms with van der Waals surface area (Å²) in [5.41, 5.74) is -0.100. The summed E-state index contributed by atoms with van der Waals surface area (Å²) in [6.45, 7) is 5.04. The quantitative estimate of drug-likeness (QED) is 0.0369. The molecule has 0 radical (unpaired) electrons. The van der Waals surface area contributed by atoms with Crippen LogP contribution in [0.15, 0.2) is 60.7 Å². The molecule has 0 saturated carbocycles. The third-order valence-corrected chi connectivity index (χ3v) is 12.0. The Kier molecular flexibility index (Phi) is 14.4. The van der Waals surface area contributed by atoms with Gasteiger partial charge in [0.2, 0.25) is 0 Å². The number of halogens is 6. The predicted octanol–water partition coefficient (Wildman–Crippen LogP) is 16.9. The molecule has 2 aromatic heterocycles. The Morgan fingerprint density at radius 2 is 0.589 bits per heavy atom. The molecule has 0 unspecified atom stereocenters. The number of aromatic nitrogens is 2. The number of hydrogen-bond acceptors (Lipinski definition) is 0. The maximum Gasteiger partial charge on any atom is 0.431 e. The zero-order valence-corrected chi connectivity index (χ0v) is 33.5. The summed E-state index contributed by atoms with van der Waals surface area (Å²) in [4.78, 5) is 0. The maximum absolute atomic E-state index is 14.4. The van der Waals surface area contributed by atoms with E-state index in [1.807, 2.05) is 36.4 Å². The normalized spacial score (nSPS) is 12.8. The Bertz CT molecular complexity index is 2030. The number of nitrogens with zero attached hydrogens (tertiary/aromatic N) is 2. The topological polar surface area (TPSA) is 9.86 Å². The molecule has 0 N–H and O–H groups in total. The molecule has 0 aliphatic rings. The third kappa shape index (κ3) is 9.70. The molecule has 2 heterocycles. The number of unbranched alkanes of at least 4 members (excludes halogenated alkanes) is 18. The van der Waals surface area contributed by atoms with E-state index in [0.29, 0.717) is 47.7 Å². The van der Waals surface area contributed by atoms with E-state index in [9.17, 15) is 26.3 Å². The number of benzene rings is 4. The number of aryl methyl sites for hydroxylation is 2. The summed E-state index contributed by atoms with van der Waals surface area (Å²) >= 11 is 0. The molecule has 0 bridgehead atoms. The van der Waals surface area contributed by atoms with Crippen molar-refractivity contribution in [2.24, 2.45) is 0 Å². The molecule has 8 heteroatoms. The molecule has 6 rings (SSSR count). The van der Waals surface area contributed by atoms with Crippen LogP contribution in [0.5, 0.6) is 0 Å². The molecule has 0 aliphatic carbocycles. The number of fused-ring (bicyclic) bond motifs is 9. The minimum absolute atomic E-state index is 0.313. The first kappa shape index (κ1) is 41.9. The molecule has 0 spiro atoms. The average Bonchev–Trinajstić information content (AvgIpc) is 3.75. The van der Waals surface area contributed by atoms with Crippen LogP contribution in [0, 0.1) is 0 Å². The van der Waals surface area contributed by atoms with Crippen molar-refractivity contribution in [3.63, 3.8) is 0 Å². The van der Waals surface area contributed by atoms with Gasteiger partial charge < -0.3 is 9.13 Å². The Balaban J connectivity index is 1.23. The summed E-state index contributed by atoms with van der Waals surface area (Å²) in [5.74, 6) is 0. The summed E-state index contributed by atoms with van der Waals surface area (Å²) < 4.78 is 89.5. The third-order valence-electron chi connectivity index (χ3n) is 12.0. The van der Waals surface area contributed by atoms with Gasteiger partial charge >= 0.3 is 12.4 Å². The van der Waals surface area contributed by atoms with E-state index >= 15 is 0 Å². The van der Waals surface area contributed by atoms with Gasteiger partial charge in [-0.3, -0.25) is 0 Å². The zero-order chi connectivity index (χ0) is 39.7. The van der Waals surface area contributed by atoms with E-state index in [2.05, 4.69) is 13.8 Å². The minimum Gasteiger partial charge on any atom is -0.337 e. The summed E-state index contributed by atoms with van der Waals surface area (Å²) in [6.07, 6.45) is 13.5. The lowest BCUT2D eigenvalue weighted by atomic mass is 9.94. The molecule has 56 heavy (non-hydrogen) atoms. The molecule has 0 atom stereocenters. The Labute approximate surface area is 328 Å². The van der Waals surface area contributed by atoms with E-state index in [1.54, 1.807) is 12.1 Å². The highest BCUT2D eigenvalue weighted by Gasteiger charge is 2.36. The highest BCUT2D eigenvalue weighted by atomic mass is 19.4. The van der Waals surface area contributed by atoms with Crippen LogP contribution in [-0.2, 0) is 25.4 Å². The smallest absolute Gasteiger partial charge is 0.337 e. The van der Waals surface area contributed by atoms with E-state index < -0.39 is 23.7 Å². The maximum atomic E-state index is 14.4. The van der Waals surface area contributed by atoms with Crippen LogP contribution >= 0.6 is 0 Å². The monoisotopic (exact) mass is 778 g/mol. The van der Waals surface area contributed by atoms with Gasteiger partial charge in [0.05, 0.1) is 0 Å². The largest absolute Gasteiger partial charge is 0.431 e. The van der Waals surface area contributed by atoms with Crippen molar-refractivity contribution in [2.45, 2.75) is 168 Å². The van der Waals surface area contributed by atoms with Crippen LogP contribution in [0.2, 0.25) is 0 Å². The fraction of sp³-hybridized carbons (Fsp3) is 0.542. The molecular formula is C48H60F6N2. The fourth-order valence-electron chi connectivity index (χ4n) is 8.99. The molecule has 6 aromatic rings. The number of alkyl halides is 6. The van der Waals surface area contributed by atoms with Gasteiger partial charge in [0.15, 0.2) is 0 Å². The highest BCUT2D eigenvalue weighted by molar-refractivity contribution is 6.24. The van der Waals surface area contributed by atoms with E-state index in [4.69, 9.17) is 0 Å². The van der Waals surface area contributed by atoms with Crippen molar-refractivity contribution in [2.75, 3.05) is 0 Å². The molecule has 4 aromatic carbocycles. The van der Waals surface area contributed by atoms with Crippen molar-refractivity contribution >= 4 is 54.1 Å². The molecule has 2 nitrogen and oxygen atoms in total. The number of hydrogen-bond donors (Lipinski definition) is 0. The van der Waals surface area contributed by atoms with E-state index in [0.717, 1.165) is 70.8 Å². The van der Waals surface area contributed by atoms with Crippen LogP contribution in [0.3, 0.4) is 0 Å². The lowest BCUT2D eigenvalue weighted by Gasteiger charge is -2.14. The summed E-state index contributed by atoms with van der Waals surface area (Å²) in [7, 11) is 0. The highest BCUT2D eigenvalue weighted by Crippen LogP contribution is 2.42. The van der Waals surface area contributed by atoms with Crippen LogP contribution < -0.4 is 0 Å². The predicted molar refractivity (Wildman–Crippen MR) is 224 cm³/mol. The molecule has 0 aliphatic heterocycles. The summed E-state index contributed by atoms with van der Waals surface area (Å²) in [5, 5.41) is 6.01.